The Kier molecular flexibility index (Phi) is 3.73. The highest BCUT2D eigenvalue weighted by Crippen LogP contribution is 2.44. The maximum absolute atomic E-state index is 12.2. The molecule has 2 aliphatic rings. The molecule has 1 aliphatic carbocycles. The number of carbonyl (C=O) groups excluding carboxylic acids is 2. The number of nitrogens with zero attached hydrogens (tertiary/aromatic N) is 1. The molecule has 0 spiro atoms. The van der Waals surface area contributed by atoms with Gasteiger partial charge in [-0.1, -0.05) is 13.3 Å². The van der Waals surface area contributed by atoms with Gasteiger partial charge in [0.15, 0.2) is 0 Å². The predicted molar refractivity (Wildman–Crippen MR) is 66.4 cm³/mol. The highest BCUT2D eigenvalue weighted by molar-refractivity contribution is 6.05. The van der Waals surface area contributed by atoms with Crippen LogP contribution in [0.3, 0.4) is 0 Å². The average Bonchev–Trinajstić information content (AvgIpc) is 2.84. The third-order valence-corrected chi connectivity index (χ3v) is 4.42. The molecule has 5 nitrogen and oxygen atoms in total. The number of rotatable bonds is 4. The van der Waals surface area contributed by atoms with Crippen molar-refractivity contribution in [1.82, 2.24) is 4.90 Å². The molecule has 4 atom stereocenters. The Labute approximate surface area is 107 Å². The first-order chi connectivity index (χ1) is 8.45. The van der Waals surface area contributed by atoms with E-state index < -0.39 is 12.1 Å². The van der Waals surface area contributed by atoms with E-state index in [1.165, 1.54) is 4.90 Å². The second-order valence-corrected chi connectivity index (χ2v) is 5.65. The minimum Gasteiger partial charge on any atom is -0.392 e. The molecular weight excluding hydrogens is 232 g/mol. The van der Waals surface area contributed by atoms with Crippen molar-refractivity contribution >= 4 is 11.8 Å². The lowest BCUT2D eigenvalue weighted by Crippen LogP contribution is -2.46. The Hall–Kier alpha value is -0.940. The van der Waals surface area contributed by atoms with Crippen molar-refractivity contribution in [3.8, 4) is 0 Å². The summed E-state index contributed by atoms with van der Waals surface area (Å²) in [7, 11) is 0. The Morgan fingerprint density at radius 3 is 2.22 bits per heavy atom. The number of likely N-dealkylation sites (tertiary alicyclic amines) is 1. The monoisotopic (exact) mass is 254 g/mol. The summed E-state index contributed by atoms with van der Waals surface area (Å²) in [5.74, 6) is 0.0573. The van der Waals surface area contributed by atoms with Crippen molar-refractivity contribution in [2.45, 2.75) is 45.3 Å². The third kappa shape index (κ3) is 2.17. The SMILES string of the molecule is CCC1CC2C(=O)N(CC(N)C(C)O)C(=O)C2C1. The number of imide groups is 1. The molecule has 18 heavy (non-hydrogen) atoms. The van der Waals surface area contributed by atoms with Crippen LogP contribution >= 0.6 is 0 Å². The summed E-state index contributed by atoms with van der Waals surface area (Å²) < 4.78 is 0. The van der Waals surface area contributed by atoms with Crippen molar-refractivity contribution < 1.29 is 14.7 Å². The lowest BCUT2D eigenvalue weighted by molar-refractivity contribution is -0.141. The molecule has 5 heteroatoms. The summed E-state index contributed by atoms with van der Waals surface area (Å²) in [6.45, 7) is 3.81. The fourth-order valence-corrected chi connectivity index (χ4v) is 3.07. The lowest BCUT2D eigenvalue weighted by Gasteiger charge is -2.22. The Morgan fingerprint density at radius 1 is 1.33 bits per heavy atom. The molecule has 0 aromatic carbocycles. The van der Waals surface area contributed by atoms with Gasteiger partial charge >= 0.3 is 0 Å². The fraction of sp³-hybridized carbons (Fsp3) is 0.846. The van der Waals surface area contributed by atoms with Crippen LogP contribution in [0.4, 0.5) is 0 Å². The van der Waals surface area contributed by atoms with Crippen LogP contribution in [0.5, 0.6) is 0 Å². The van der Waals surface area contributed by atoms with Gasteiger partial charge in [0, 0.05) is 12.6 Å². The minimum absolute atomic E-state index is 0.0861. The van der Waals surface area contributed by atoms with E-state index in [4.69, 9.17) is 5.73 Å². The predicted octanol–water partition coefficient (Wildman–Crippen LogP) is 0.116. The van der Waals surface area contributed by atoms with E-state index in [0.29, 0.717) is 5.92 Å². The number of nitrogens with two attached hydrogens (primary N) is 1. The van der Waals surface area contributed by atoms with Gasteiger partial charge < -0.3 is 10.8 Å². The number of carbonyl (C=O) groups is 2. The van der Waals surface area contributed by atoms with Gasteiger partial charge in [-0.15, -0.1) is 0 Å². The van der Waals surface area contributed by atoms with Gasteiger partial charge in [0.05, 0.1) is 17.9 Å². The van der Waals surface area contributed by atoms with E-state index in [1.807, 2.05) is 0 Å². The zero-order valence-corrected chi connectivity index (χ0v) is 11.0. The smallest absolute Gasteiger partial charge is 0.233 e. The van der Waals surface area contributed by atoms with Crippen molar-refractivity contribution in [2.24, 2.45) is 23.5 Å². The maximum Gasteiger partial charge on any atom is 0.233 e. The third-order valence-electron chi connectivity index (χ3n) is 4.42. The van der Waals surface area contributed by atoms with Gasteiger partial charge in [0.1, 0.15) is 0 Å². The van der Waals surface area contributed by atoms with Crippen LogP contribution in [0.25, 0.3) is 0 Å². The first-order valence-electron chi connectivity index (χ1n) is 6.74. The Balaban J connectivity index is 2.05. The maximum atomic E-state index is 12.2. The average molecular weight is 254 g/mol. The van der Waals surface area contributed by atoms with E-state index in [1.54, 1.807) is 6.92 Å². The molecule has 4 unspecified atom stereocenters. The minimum atomic E-state index is -0.713. The summed E-state index contributed by atoms with van der Waals surface area (Å²) >= 11 is 0. The molecule has 0 radical (unpaired) electrons. The van der Waals surface area contributed by atoms with E-state index in [0.717, 1.165) is 19.3 Å². The van der Waals surface area contributed by atoms with Crippen LogP contribution < -0.4 is 5.73 Å². The van der Waals surface area contributed by atoms with Crippen LogP contribution in [-0.2, 0) is 9.59 Å². The summed E-state index contributed by atoms with van der Waals surface area (Å²) in [5.41, 5.74) is 5.73. The second kappa shape index (κ2) is 4.97. The fourth-order valence-electron chi connectivity index (χ4n) is 3.07. The van der Waals surface area contributed by atoms with Crippen LogP contribution in [0.15, 0.2) is 0 Å². The normalized spacial score (nSPS) is 34.9. The van der Waals surface area contributed by atoms with Crippen molar-refractivity contribution in [2.75, 3.05) is 6.54 Å². The first kappa shape index (κ1) is 13.5. The Bertz CT molecular complexity index is 332. The van der Waals surface area contributed by atoms with Crippen LogP contribution in [0.2, 0.25) is 0 Å². The summed E-state index contributed by atoms with van der Waals surface area (Å²) in [6, 6.07) is -0.557. The second-order valence-electron chi connectivity index (χ2n) is 5.65. The van der Waals surface area contributed by atoms with Crippen molar-refractivity contribution in [1.29, 1.82) is 0 Å². The molecule has 2 rings (SSSR count). The molecule has 1 saturated heterocycles. The number of aliphatic hydroxyl groups excluding tert-OH is 1. The number of fused-ring (bicyclic) bond motifs is 1. The van der Waals surface area contributed by atoms with Crippen LogP contribution in [0, 0.1) is 17.8 Å². The number of hydrogen-bond acceptors (Lipinski definition) is 4. The van der Waals surface area contributed by atoms with E-state index in [9.17, 15) is 14.7 Å². The topological polar surface area (TPSA) is 83.6 Å². The van der Waals surface area contributed by atoms with Crippen molar-refractivity contribution in [3.63, 3.8) is 0 Å². The molecule has 2 amide bonds. The molecule has 0 aromatic rings. The Morgan fingerprint density at radius 2 is 1.83 bits per heavy atom. The molecule has 0 bridgehead atoms. The van der Waals surface area contributed by atoms with Gasteiger partial charge in [-0.25, -0.2) is 0 Å². The van der Waals surface area contributed by atoms with Crippen LogP contribution in [-0.4, -0.2) is 40.5 Å². The first-order valence-corrected chi connectivity index (χ1v) is 6.74. The van der Waals surface area contributed by atoms with Gasteiger partial charge in [-0.2, -0.15) is 0 Å². The molecule has 102 valence electrons. The molecule has 1 aliphatic heterocycles. The molecule has 0 aromatic heterocycles. The zero-order chi connectivity index (χ0) is 13.4. The quantitative estimate of drug-likeness (QED) is 0.698. The lowest BCUT2D eigenvalue weighted by atomic mass is 10.00. The molecule has 1 heterocycles. The zero-order valence-electron chi connectivity index (χ0n) is 11.0. The molecule has 2 fully saturated rings. The van der Waals surface area contributed by atoms with E-state index in [2.05, 4.69) is 6.92 Å². The van der Waals surface area contributed by atoms with Gasteiger partial charge in [-0.05, 0) is 25.7 Å². The van der Waals surface area contributed by atoms with Crippen molar-refractivity contribution in [3.05, 3.63) is 0 Å². The summed E-state index contributed by atoms with van der Waals surface area (Å²) in [6.07, 6.45) is 1.97. The highest BCUT2D eigenvalue weighted by atomic mass is 16.3. The molecule has 1 saturated carbocycles. The molecule has 3 N–H and O–H groups in total. The highest BCUT2D eigenvalue weighted by Gasteiger charge is 2.52. The van der Waals surface area contributed by atoms with Gasteiger partial charge in [-0.3, -0.25) is 14.5 Å². The van der Waals surface area contributed by atoms with Gasteiger partial charge in [0.2, 0.25) is 11.8 Å². The molecular formula is C13H22N2O3. The standard InChI is InChI=1S/C13H22N2O3/c1-3-8-4-9-10(5-8)13(18)15(12(9)17)6-11(14)7(2)16/h7-11,16H,3-6,14H2,1-2H3. The van der Waals surface area contributed by atoms with E-state index in [-0.39, 0.29) is 30.2 Å². The summed E-state index contributed by atoms with van der Waals surface area (Å²) in [4.78, 5) is 25.6. The summed E-state index contributed by atoms with van der Waals surface area (Å²) in [5, 5.41) is 9.36. The van der Waals surface area contributed by atoms with Crippen LogP contribution in [0.1, 0.15) is 33.1 Å². The number of hydrogen-bond donors (Lipinski definition) is 2. The van der Waals surface area contributed by atoms with Gasteiger partial charge in [0.25, 0.3) is 0 Å². The largest absolute Gasteiger partial charge is 0.392 e. The number of amides is 2. The number of aliphatic hydroxyl groups is 1. The van der Waals surface area contributed by atoms with E-state index >= 15 is 0 Å².